The summed E-state index contributed by atoms with van der Waals surface area (Å²) < 4.78 is 39.0. The third kappa shape index (κ3) is 5.97. The molecule has 2 heterocycles. The molecule has 1 saturated carbocycles. The summed E-state index contributed by atoms with van der Waals surface area (Å²) in [5, 5.41) is 11.6. The Bertz CT molecular complexity index is 1100. The van der Waals surface area contributed by atoms with Crippen LogP contribution in [0.2, 0.25) is 0 Å². The number of halogens is 3. The normalized spacial score (nSPS) is 16.4. The quantitative estimate of drug-likeness (QED) is 0.376. The molecule has 1 aromatic carbocycles. The predicted octanol–water partition coefficient (Wildman–Crippen LogP) is 4.42. The highest BCUT2D eigenvalue weighted by atomic mass is 19.4. The molecule has 2 aromatic rings. The first-order chi connectivity index (χ1) is 17.2. The minimum atomic E-state index is -4.50. The van der Waals surface area contributed by atoms with Gasteiger partial charge in [0.25, 0.3) is 0 Å². The first-order valence-corrected chi connectivity index (χ1v) is 12.0. The van der Waals surface area contributed by atoms with E-state index in [1.165, 1.54) is 0 Å². The maximum absolute atomic E-state index is 13.0. The fraction of sp³-hybridized carbons (Fsp3) is 0.500. The SMILES string of the molecule is Cc1cnc(Nc2cccc(NC(=O)N3CCCC3)c2)nc1NCCCNC(=O)C1(C(F)(F)F)CC1. The lowest BCUT2D eigenvalue weighted by atomic mass is 10.1. The van der Waals surface area contributed by atoms with Crippen molar-refractivity contribution in [1.82, 2.24) is 20.2 Å². The Balaban J connectivity index is 1.26. The highest BCUT2D eigenvalue weighted by molar-refractivity contribution is 5.90. The van der Waals surface area contributed by atoms with Crippen LogP contribution in [0.5, 0.6) is 0 Å². The lowest BCUT2D eigenvalue weighted by Gasteiger charge is -2.18. The number of alkyl halides is 3. The molecule has 1 saturated heterocycles. The number of carbonyl (C=O) groups excluding carboxylic acids is 2. The van der Waals surface area contributed by atoms with Gasteiger partial charge < -0.3 is 26.2 Å². The number of nitrogens with one attached hydrogen (secondary N) is 4. The molecule has 4 N–H and O–H groups in total. The zero-order chi connectivity index (χ0) is 25.8. The molecule has 0 bridgehead atoms. The van der Waals surface area contributed by atoms with Crippen LogP contribution in [0.3, 0.4) is 0 Å². The van der Waals surface area contributed by atoms with Gasteiger partial charge in [0.15, 0.2) is 0 Å². The average Bonchev–Trinajstić information content (AvgIpc) is 3.49. The topological polar surface area (TPSA) is 111 Å². The fourth-order valence-corrected chi connectivity index (χ4v) is 4.04. The average molecular weight is 506 g/mol. The summed E-state index contributed by atoms with van der Waals surface area (Å²) in [5.41, 5.74) is -0.0445. The summed E-state index contributed by atoms with van der Waals surface area (Å²) in [4.78, 5) is 34.8. The summed E-state index contributed by atoms with van der Waals surface area (Å²) in [7, 11) is 0. The minimum Gasteiger partial charge on any atom is -0.370 e. The van der Waals surface area contributed by atoms with Crippen molar-refractivity contribution in [3.63, 3.8) is 0 Å². The van der Waals surface area contributed by atoms with Crippen molar-refractivity contribution in [2.75, 3.05) is 42.1 Å². The number of carbonyl (C=O) groups is 2. The van der Waals surface area contributed by atoms with Crippen LogP contribution >= 0.6 is 0 Å². The highest BCUT2D eigenvalue weighted by Gasteiger charge is 2.68. The number of rotatable bonds is 9. The van der Waals surface area contributed by atoms with E-state index < -0.39 is 17.5 Å². The minimum absolute atomic E-state index is 0.121. The molecule has 12 heteroatoms. The lowest BCUT2D eigenvalue weighted by molar-refractivity contribution is -0.192. The number of aromatic nitrogens is 2. The molecule has 36 heavy (non-hydrogen) atoms. The summed E-state index contributed by atoms with van der Waals surface area (Å²) in [5.74, 6) is -0.0231. The summed E-state index contributed by atoms with van der Waals surface area (Å²) >= 11 is 0. The molecule has 0 atom stereocenters. The second kappa shape index (κ2) is 10.6. The van der Waals surface area contributed by atoms with Gasteiger partial charge in [-0.3, -0.25) is 4.79 Å². The number of amides is 3. The maximum atomic E-state index is 13.0. The molecule has 0 radical (unpaired) electrons. The van der Waals surface area contributed by atoms with Crippen LogP contribution in [0, 0.1) is 12.3 Å². The number of aryl methyl sites for hydroxylation is 1. The lowest BCUT2D eigenvalue weighted by Crippen LogP contribution is -2.41. The monoisotopic (exact) mass is 505 g/mol. The number of nitrogens with zero attached hydrogens (tertiary/aromatic N) is 3. The van der Waals surface area contributed by atoms with E-state index in [-0.39, 0.29) is 25.4 Å². The molecule has 9 nitrogen and oxygen atoms in total. The molecular weight excluding hydrogens is 475 g/mol. The fourth-order valence-electron chi connectivity index (χ4n) is 4.04. The molecule has 3 amide bonds. The van der Waals surface area contributed by atoms with Gasteiger partial charge in [0.05, 0.1) is 0 Å². The van der Waals surface area contributed by atoms with Gasteiger partial charge in [0.2, 0.25) is 11.9 Å². The van der Waals surface area contributed by atoms with Crippen molar-refractivity contribution < 1.29 is 22.8 Å². The Labute approximate surface area is 207 Å². The van der Waals surface area contributed by atoms with Crippen molar-refractivity contribution >= 4 is 35.1 Å². The number of urea groups is 1. The van der Waals surface area contributed by atoms with Crippen LogP contribution in [-0.2, 0) is 4.79 Å². The van der Waals surface area contributed by atoms with Gasteiger partial charge in [-0.05, 0) is 57.2 Å². The third-order valence-corrected chi connectivity index (χ3v) is 6.39. The number of anilines is 4. The van der Waals surface area contributed by atoms with Gasteiger partial charge in [-0.1, -0.05) is 6.07 Å². The molecule has 1 aromatic heterocycles. The van der Waals surface area contributed by atoms with Crippen LogP contribution in [0.4, 0.5) is 41.1 Å². The van der Waals surface area contributed by atoms with Crippen molar-refractivity contribution in [1.29, 1.82) is 0 Å². The van der Waals surface area contributed by atoms with E-state index in [1.54, 1.807) is 23.2 Å². The zero-order valence-electron chi connectivity index (χ0n) is 20.0. The Kier molecular flexibility index (Phi) is 7.51. The molecule has 0 unspecified atom stereocenters. The Morgan fingerprint density at radius 2 is 1.83 bits per heavy atom. The Morgan fingerprint density at radius 1 is 1.11 bits per heavy atom. The second-order valence-corrected chi connectivity index (χ2v) is 9.17. The summed E-state index contributed by atoms with van der Waals surface area (Å²) in [6.07, 6.45) is -0.680. The molecule has 4 rings (SSSR count). The van der Waals surface area contributed by atoms with Gasteiger partial charge >= 0.3 is 12.2 Å². The van der Waals surface area contributed by atoms with E-state index in [0.29, 0.717) is 36.1 Å². The van der Waals surface area contributed by atoms with E-state index in [4.69, 9.17) is 0 Å². The van der Waals surface area contributed by atoms with Crippen LogP contribution < -0.4 is 21.3 Å². The van der Waals surface area contributed by atoms with E-state index in [1.807, 2.05) is 19.1 Å². The third-order valence-electron chi connectivity index (χ3n) is 6.39. The van der Waals surface area contributed by atoms with Crippen LogP contribution in [0.15, 0.2) is 30.5 Å². The van der Waals surface area contributed by atoms with Crippen LogP contribution in [-0.4, -0.2) is 59.2 Å². The van der Waals surface area contributed by atoms with E-state index in [2.05, 4.69) is 31.2 Å². The number of likely N-dealkylation sites (tertiary alicyclic amines) is 1. The van der Waals surface area contributed by atoms with Gasteiger partial charge in [0, 0.05) is 49.3 Å². The largest absolute Gasteiger partial charge is 0.403 e. The zero-order valence-corrected chi connectivity index (χ0v) is 20.0. The van der Waals surface area contributed by atoms with Crippen molar-refractivity contribution in [3.05, 3.63) is 36.0 Å². The smallest absolute Gasteiger partial charge is 0.370 e. The van der Waals surface area contributed by atoms with E-state index >= 15 is 0 Å². The molecule has 2 fully saturated rings. The molecular formula is C24H30F3N7O2. The Morgan fingerprint density at radius 3 is 2.53 bits per heavy atom. The summed E-state index contributed by atoms with van der Waals surface area (Å²) in [6.45, 7) is 3.90. The number of hydrogen-bond acceptors (Lipinski definition) is 6. The first-order valence-electron chi connectivity index (χ1n) is 12.0. The van der Waals surface area contributed by atoms with Crippen molar-refractivity contribution in [2.24, 2.45) is 5.41 Å². The Hall–Kier alpha value is -3.57. The maximum Gasteiger partial charge on any atom is 0.403 e. The summed E-state index contributed by atoms with van der Waals surface area (Å²) in [6, 6.07) is 7.12. The van der Waals surface area contributed by atoms with Gasteiger partial charge in [0.1, 0.15) is 11.2 Å². The van der Waals surface area contributed by atoms with Gasteiger partial charge in [-0.15, -0.1) is 0 Å². The van der Waals surface area contributed by atoms with Crippen LogP contribution in [0.25, 0.3) is 0 Å². The number of hydrogen-bond donors (Lipinski definition) is 4. The van der Waals surface area contributed by atoms with Crippen molar-refractivity contribution in [3.8, 4) is 0 Å². The standard InChI is InChI=1S/C24H30F3N7O2/c1-16-15-30-21(31-17-6-4-7-18(14-17)32-22(36)34-12-2-3-13-34)33-19(16)28-10-5-11-29-20(35)23(8-9-23)24(25,26)27/h4,6-7,14-15H,2-3,5,8-13H2,1H3,(H,29,35)(H,32,36)(H2,28,30,31,33). The van der Waals surface area contributed by atoms with Gasteiger partial charge in [-0.25, -0.2) is 9.78 Å². The molecule has 0 spiro atoms. The van der Waals surface area contributed by atoms with E-state index in [0.717, 1.165) is 31.5 Å². The second-order valence-electron chi connectivity index (χ2n) is 9.17. The molecule has 2 aliphatic rings. The predicted molar refractivity (Wildman–Crippen MR) is 130 cm³/mol. The molecule has 1 aliphatic heterocycles. The molecule has 194 valence electrons. The highest BCUT2D eigenvalue weighted by Crippen LogP contribution is 2.57. The molecule has 1 aliphatic carbocycles. The van der Waals surface area contributed by atoms with Gasteiger partial charge in [-0.2, -0.15) is 18.2 Å². The van der Waals surface area contributed by atoms with Crippen LogP contribution in [0.1, 0.15) is 37.7 Å². The van der Waals surface area contributed by atoms with E-state index in [9.17, 15) is 22.8 Å². The van der Waals surface area contributed by atoms with Crippen molar-refractivity contribution in [2.45, 2.75) is 45.2 Å². The number of benzene rings is 1. The first kappa shape index (κ1) is 25.5.